The van der Waals surface area contributed by atoms with Crippen LogP contribution in [0.1, 0.15) is 5.56 Å². The van der Waals surface area contributed by atoms with Crippen LogP contribution in [0.2, 0.25) is 0 Å². The Morgan fingerprint density at radius 1 is 0.260 bits per heavy atom. The molecular weight excluding hydrogens is 660 g/mol. The van der Waals surface area contributed by atoms with Crippen LogP contribution in [0.3, 0.4) is 0 Å². The summed E-state index contributed by atoms with van der Waals surface area (Å²) in [5.74, 6) is 0. The highest BCUT2D eigenvalue weighted by Crippen LogP contribution is 2.00. The summed E-state index contributed by atoms with van der Waals surface area (Å²) in [6.07, 6.45) is 0. The van der Waals surface area contributed by atoms with E-state index in [2.05, 4.69) is 0 Å². The fourth-order valence-electron chi connectivity index (χ4n) is 3.69. The molecule has 294 valence electrons. The molecule has 1 aromatic carbocycles. The van der Waals surface area contributed by atoms with E-state index in [4.69, 9.17) is 71.4 Å². The van der Waals surface area contributed by atoms with Crippen molar-refractivity contribution in [2.24, 2.45) is 0 Å². The van der Waals surface area contributed by atoms with Crippen LogP contribution in [0.5, 0.6) is 0 Å². The molecule has 0 unspecified atom stereocenters. The van der Waals surface area contributed by atoms with Gasteiger partial charge in [-0.15, -0.1) is 0 Å². The van der Waals surface area contributed by atoms with Crippen LogP contribution < -0.4 is 0 Å². The summed E-state index contributed by atoms with van der Waals surface area (Å²) in [4.78, 5) is 0. The van der Waals surface area contributed by atoms with Crippen molar-refractivity contribution >= 4 is 0 Å². The third-order valence-electron chi connectivity index (χ3n) is 6.18. The SMILES string of the molecule is OCCOCCOCCOCCOCCOCCOCCOCCOCCOCCOCCOCCOCCOCCOCc1ccccc1. The molecule has 0 saturated heterocycles. The molecule has 15 nitrogen and oxygen atoms in total. The molecule has 15 heteroatoms. The van der Waals surface area contributed by atoms with Crippen molar-refractivity contribution in [2.45, 2.75) is 6.61 Å². The summed E-state index contributed by atoms with van der Waals surface area (Å²) in [5.41, 5.74) is 1.16. The normalized spacial score (nSPS) is 11.5. The second-order valence-electron chi connectivity index (χ2n) is 10.2. The first-order valence-electron chi connectivity index (χ1n) is 17.7. The van der Waals surface area contributed by atoms with Crippen LogP contribution in [0.25, 0.3) is 0 Å². The molecule has 50 heavy (non-hydrogen) atoms. The number of rotatable bonds is 43. The Bertz CT molecular complexity index is 750. The van der Waals surface area contributed by atoms with E-state index in [9.17, 15) is 0 Å². The second kappa shape index (κ2) is 42.0. The van der Waals surface area contributed by atoms with Crippen LogP contribution in [0.4, 0.5) is 0 Å². The minimum Gasteiger partial charge on any atom is -0.394 e. The number of benzene rings is 1. The van der Waals surface area contributed by atoms with Gasteiger partial charge in [0.2, 0.25) is 0 Å². The summed E-state index contributed by atoms with van der Waals surface area (Å²) in [7, 11) is 0. The third kappa shape index (κ3) is 37.9. The van der Waals surface area contributed by atoms with E-state index in [1.54, 1.807) is 0 Å². The van der Waals surface area contributed by atoms with E-state index < -0.39 is 0 Å². The zero-order chi connectivity index (χ0) is 35.5. The Labute approximate surface area is 298 Å². The van der Waals surface area contributed by atoms with Crippen molar-refractivity contribution < 1.29 is 71.4 Å². The Balaban J connectivity index is 1.60. The summed E-state index contributed by atoms with van der Waals surface area (Å²) in [6, 6.07) is 10.1. The zero-order valence-electron chi connectivity index (χ0n) is 30.1. The molecule has 0 radical (unpaired) electrons. The molecule has 1 rings (SSSR count). The van der Waals surface area contributed by atoms with Crippen LogP contribution in [-0.4, -0.2) is 190 Å². The fraction of sp³-hybridized carbons (Fsp3) is 0.829. The van der Waals surface area contributed by atoms with Gasteiger partial charge in [-0.3, -0.25) is 0 Å². The maximum absolute atomic E-state index is 8.58. The smallest absolute Gasteiger partial charge is 0.0718 e. The van der Waals surface area contributed by atoms with Gasteiger partial charge in [-0.25, -0.2) is 0 Å². The van der Waals surface area contributed by atoms with Crippen LogP contribution in [-0.2, 0) is 72.9 Å². The maximum Gasteiger partial charge on any atom is 0.0718 e. The molecule has 1 N–H and O–H groups in total. The number of aliphatic hydroxyl groups is 1. The largest absolute Gasteiger partial charge is 0.394 e. The lowest BCUT2D eigenvalue weighted by molar-refractivity contribution is -0.0298. The number of aliphatic hydroxyl groups excluding tert-OH is 1. The summed E-state index contributed by atoms with van der Waals surface area (Å²) >= 11 is 0. The first-order valence-corrected chi connectivity index (χ1v) is 17.7. The van der Waals surface area contributed by atoms with Gasteiger partial charge in [0.15, 0.2) is 0 Å². The highest BCUT2D eigenvalue weighted by Gasteiger charge is 1.97. The molecule has 0 amide bonds. The lowest BCUT2D eigenvalue weighted by Crippen LogP contribution is -2.15. The minimum atomic E-state index is 0.0235. The van der Waals surface area contributed by atoms with Gasteiger partial charge >= 0.3 is 0 Å². The Morgan fingerprint density at radius 2 is 0.460 bits per heavy atom. The predicted molar refractivity (Wildman–Crippen MR) is 184 cm³/mol. The van der Waals surface area contributed by atoms with Crippen molar-refractivity contribution in [3.8, 4) is 0 Å². The summed E-state index contributed by atoms with van der Waals surface area (Å²) < 4.78 is 76.2. The summed E-state index contributed by atoms with van der Waals surface area (Å²) in [5, 5.41) is 8.58. The summed E-state index contributed by atoms with van der Waals surface area (Å²) in [6.45, 7) is 14.2. The molecule has 0 spiro atoms. The number of hydrogen-bond donors (Lipinski definition) is 1. The van der Waals surface area contributed by atoms with E-state index in [1.165, 1.54) is 0 Å². The molecule has 0 bridgehead atoms. The van der Waals surface area contributed by atoms with Crippen molar-refractivity contribution in [1.82, 2.24) is 0 Å². The molecule has 0 aromatic heterocycles. The van der Waals surface area contributed by atoms with E-state index >= 15 is 0 Å². The van der Waals surface area contributed by atoms with Gasteiger partial charge in [-0.2, -0.15) is 0 Å². The fourth-order valence-corrected chi connectivity index (χ4v) is 3.69. The molecular formula is C35H64O15. The zero-order valence-corrected chi connectivity index (χ0v) is 30.1. The first-order chi connectivity index (χ1) is 24.9. The average Bonchev–Trinajstić information content (AvgIpc) is 3.14. The minimum absolute atomic E-state index is 0.0235. The predicted octanol–water partition coefficient (Wildman–Crippen LogP) is 1.41. The molecule has 0 heterocycles. The lowest BCUT2D eigenvalue weighted by Gasteiger charge is -2.09. The Morgan fingerprint density at radius 3 is 0.680 bits per heavy atom. The highest BCUT2D eigenvalue weighted by atomic mass is 16.6. The van der Waals surface area contributed by atoms with E-state index in [0.717, 1.165) is 5.56 Å². The van der Waals surface area contributed by atoms with E-state index in [1.807, 2.05) is 30.3 Å². The molecule has 0 aliphatic rings. The van der Waals surface area contributed by atoms with Gasteiger partial charge in [-0.05, 0) is 5.56 Å². The molecule has 0 atom stereocenters. The van der Waals surface area contributed by atoms with Crippen molar-refractivity contribution in [3.05, 3.63) is 35.9 Å². The number of hydrogen-bond acceptors (Lipinski definition) is 15. The van der Waals surface area contributed by atoms with E-state index in [-0.39, 0.29) is 6.61 Å². The monoisotopic (exact) mass is 724 g/mol. The third-order valence-corrected chi connectivity index (χ3v) is 6.18. The first kappa shape index (κ1) is 46.6. The standard InChI is InChI=1S/C35H64O15/c36-6-7-37-8-9-38-10-11-39-12-13-40-14-15-41-16-17-42-18-19-43-20-21-44-22-23-45-24-25-46-26-27-47-28-29-48-30-31-49-32-33-50-34-35-4-2-1-3-5-35/h1-5,36H,6-34H2. The quantitative estimate of drug-likeness (QED) is 0.0967. The molecule has 0 fully saturated rings. The molecule has 1 aromatic rings. The maximum atomic E-state index is 8.58. The van der Waals surface area contributed by atoms with Gasteiger partial charge in [0.1, 0.15) is 0 Å². The van der Waals surface area contributed by atoms with Crippen LogP contribution in [0.15, 0.2) is 30.3 Å². The Hall–Kier alpha value is -1.38. The highest BCUT2D eigenvalue weighted by molar-refractivity contribution is 5.13. The second-order valence-corrected chi connectivity index (χ2v) is 10.2. The van der Waals surface area contributed by atoms with Gasteiger partial charge in [-0.1, -0.05) is 30.3 Å². The molecule has 0 aliphatic heterocycles. The molecule has 0 aliphatic carbocycles. The lowest BCUT2D eigenvalue weighted by atomic mass is 10.2. The topological polar surface area (TPSA) is 149 Å². The average molecular weight is 725 g/mol. The van der Waals surface area contributed by atoms with Gasteiger partial charge in [0.05, 0.1) is 192 Å². The molecule has 0 saturated carbocycles. The Kier molecular flexibility index (Phi) is 39.2. The number of ether oxygens (including phenoxy) is 14. The van der Waals surface area contributed by atoms with Crippen molar-refractivity contribution in [1.29, 1.82) is 0 Å². The van der Waals surface area contributed by atoms with E-state index in [0.29, 0.717) is 185 Å². The van der Waals surface area contributed by atoms with Crippen LogP contribution in [0, 0.1) is 0 Å². The van der Waals surface area contributed by atoms with Gasteiger partial charge < -0.3 is 71.4 Å². The van der Waals surface area contributed by atoms with Gasteiger partial charge in [0, 0.05) is 0 Å². The van der Waals surface area contributed by atoms with Crippen molar-refractivity contribution in [3.63, 3.8) is 0 Å². The van der Waals surface area contributed by atoms with Crippen molar-refractivity contribution in [2.75, 3.05) is 185 Å². The van der Waals surface area contributed by atoms with Crippen LogP contribution >= 0.6 is 0 Å². The van der Waals surface area contributed by atoms with Gasteiger partial charge in [0.25, 0.3) is 0 Å².